The summed E-state index contributed by atoms with van der Waals surface area (Å²) in [5.74, 6) is -0.957. The van der Waals surface area contributed by atoms with Crippen molar-refractivity contribution in [2.45, 2.75) is 57.8 Å². The molecule has 0 unspecified atom stereocenters. The fourth-order valence-corrected chi connectivity index (χ4v) is 5.08. The predicted octanol–water partition coefficient (Wildman–Crippen LogP) is 1.22. The summed E-state index contributed by atoms with van der Waals surface area (Å²) in [6.45, 7) is 2.32. The van der Waals surface area contributed by atoms with E-state index in [0.717, 1.165) is 23.4 Å². The first-order chi connectivity index (χ1) is 14.5. The zero-order valence-electron chi connectivity index (χ0n) is 17.3. The summed E-state index contributed by atoms with van der Waals surface area (Å²) in [7, 11) is 0. The van der Waals surface area contributed by atoms with E-state index < -0.39 is 11.9 Å². The molecular formula is C24H27NO5. The molecule has 0 aromatic heterocycles. The van der Waals surface area contributed by atoms with E-state index >= 15 is 0 Å². The molecule has 0 spiro atoms. The molecule has 0 fully saturated rings. The van der Waals surface area contributed by atoms with E-state index in [-0.39, 0.29) is 18.1 Å². The highest BCUT2D eigenvalue weighted by Crippen LogP contribution is 2.45. The first kappa shape index (κ1) is 20.5. The Labute approximate surface area is 176 Å². The first-order valence-corrected chi connectivity index (χ1v) is 10.8. The lowest BCUT2D eigenvalue weighted by Gasteiger charge is -2.39. The van der Waals surface area contributed by atoms with Gasteiger partial charge in [-0.1, -0.05) is 25.1 Å². The van der Waals surface area contributed by atoms with Gasteiger partial charge in [0.1, 0.15) is 23.7 Å². The van der Waals surface area contributed by atoms with Crippen molar-refractivity contribution in [3.05, 3.63) is 52.4 Å². The Hall–Kier alpha value is -2.73. The third kappa shape index (κ3) is 3.60. The van der Waals surface area contributed by atoms with E-state index in [2.05, 4.69) is 0 Å². The van der Waals surface area contributed by atoms with E-state index in [1.54, 1.807) is 0 Å². The van der Waals surface area contributed by atoms with Crippen molar-refractivity contribution in [1.82, 2.24) is 0 Å². The number of carbonyl (C=O) groups is 3. The molecule has 0 amide bonds. The lowest BCUT2D eigenvalue weighted by atomic mass is 9.70. The molecule has 1 heterocycles. The predicted molar refractivity (Wildman–Crippen MR) is 108 cm³/mol. The van der Waals surface area contributed by atoms with Gasteiger partial charge in [0.05, 0.1) is 29.6 Å². The van der Waals surface area contributed by atoms with Crippen LogP contribution in [0.2, 0.25) is 0 Å². The highest BCUT2D eigenvalue weighted by atomic mass is 16.5. The number of ether oxygens (including phenoxy) is 1. The Balaban J connectivity index is 1.94. The number of benzene rings is 1. The summed E-state index contributed by atoms with van der Waals surface area (Å²) >= 11 is 0. The zero-order chi connectivity index (χ0) is 21.3. The number of quaternary nitrogens is 1. The number of allylic oxidation sites excluding steroid dienone is 4. The van der Waals surface area contributed by atoms with Crippen molar-refractivity contribution >= 4 is 17.5 Å². The Morgan fingerprint density at radius 1 is 1.03 bits per heavy atom. The zero-order valence-corrected chi connectivity index (χ0v) is 17.3. The summed E-state index contributed by atoms with van der Waals surface area (Å²) in [6.07, 6.45) is 4.40. The number of nitrogens with one attached hydrogen (secondary N) is 1. The van der Waals surface area contributed by atoms with Gasteiger partial charge in [-0.05, 0) is 25.3 Å². The molecule has 0 atom stereocenters. The summed E-state index contributed by atoms with van der Waals surface area (Å²) < 4.78 is 5.98. The molecule has 1 aromatic carbocycles. The number of carboxylic acid groups (broad SMARTS) is 1. The fraction of sp³-hybridized carbons (Fsp3) is 0.458. The lowest BCUT2D eigenvalue weighted by molar-refractivity contribution is -0.819. The molecule has 1 N–H and O–H groups in total. The van der Waals surface area contributed by atoms with Crippen LogP contribution in [0.1, 0.15) is 63.4 Å². The van der Waals surface area contributed by atoms with Crippen molar-refractivity contribution in [3.8, 4) is 5.75 Å². The van der Waals surface area contributed by atoms with Gasteiger partial charge in [-0.25, -0.2) is 0 Å². The minimum absolute atomic E-state index is 0.00677. The summed E-state index contributed by atoms with van der Waals surface area (Å²) in [6, 6.07) is 7.60. The number of hydrogen-bond donors (Lipinski definition) is 1. The number of aliphatic carboxylic acids is 1. The van der Waals surface area contributed by atoms with Gasteiger partial charge in [0, 0.05) is 31.2 Å². The SMILES string of the molecule is CCCOc1ccccc1C1C2=C(CCCC2=O)[NH+](CC(=O)[O-])C2=C1C(=O)CCC2. The monoisotopic (exact) mass is 409 g/mol. The van der Waals surface area contributed by atoms with Crippen molar-refractivity contribution in [2.24, 2.45) is 0 Å². The van der Waals surface area contributed by atoms with Crippen molar-refractivity contribution in [3.63, 3.8) is 0 Å². The molecule has 158 valence electrons. The van der Waals surface area contributed by atoms with Gasteiger partial charge < -0.3 is 14.6 Å². The van der Waals surface area contributed by atoms with Crippen LogP contribution in [0.3, 0.4) is 0 Å². The van der Waals surface area contributed by atoms with Crippen LogP contribution >= 0.6 is 0 Å². The molecule has 6 heteroatoms. The van der Waals surface area contributed by atoms with Gasteiger partial charge >= 0.3 is 0 Å². The number of hydrogen-bond acceptors (Lipinski definition) is 5. The Bertz CT molecular complexity index is 914. The minimum Gasteiger partial charge on any atom is -0.544 e. The largest absolute Gasteiger partial charge is 0.544 e. The van der Waals surface area contributed by atoms with Gasteiger partial charge in [0.25, 0.3) is 0 Å². The number of Topliss-reactive ketones (excluding diaryl/α,β-unsaturated/α-hetero) is 2. The molecule has 6 nitrogen and oxygen atoms in total. The van der Waals surface area contributed by atoms with Crippen LogP contribution in [-0.4, -0.2) is 30.7 Å². The van der Waals surface area contributed by atoms with E-state index in [1.165, 1.54) is 0 Å². The molecule has 1 aromatic rings. The highest BCUT2D eigenvalue weighted by Gasteiger charge is 2.47. The summed E-state index contributed by atoms with van der Waals surface area (Å²) in [4.78, 5) is 38.5. The second-order valence-electron chi connectivity index (χ2n) is 8.18. The van der Waals surface area contributed by atoms with E-state index in [9.17, 15) is 19.5 Å². The topological polar surface area (TPSA) is 87.9 Å². The molecule has 3 aliphatic rings. The molecule has 2 aliphatic carbocycles. The van der Waals surface area contributed by atoms with Gasteiger partial charge in [-0.15, -0.1) is 0 Å². The maximum atomic E-state index is 13.1. The van der Waals surface area contributed by atoms with E-state index in [4.69, 9.17) is 4.74 Å². The van der Waals surface area contributed by atoms with Crippen LogP contribution in [0.25, 0.3) is 0 Å². The maximum Gasteiger partial charge on any atom is 0.165 e. The third-order valence-electron chi connectivity index (χ3n) is 6.23. The average molecular weight is 409 g/mol. The average Bonchev–Trinajstić information content (AvgIpc) is 2.73. The lowest BCUT2D eigenvalue weighted by Crippen LogP contribution is -3.11. The normalized spacial score (nSPS) is 23.9. The molecule has 0 saturated heterocycles. The first-order valence-electron chi connectivity index (χ1n) is 10.8. The number of carboxylic acids is 1. The second-order valence-corrected chi connectivity index (χ2v) is 8.18. The quantitative estimate of drug-likeness (QED) is 0.763. The third-order valence-corrected chi connectivity index (χ3v) is 6.23. The number of carbonyl (C=O) groups excluding carboxylic acids is 3. The second kappa shape index (κ2) is 8.56. The van der Waals surface area contributed by atoms with E-state index in [0.29, 0.717) is 66.9 Å². The Morgan fingerprint density at radius 2 is 1.63 bits per heavy atom. The Morgan fingerprint density at radius 3 is 2.20 bits per heavy atom. The van der Waals surface area contributed by atoms with Crippen LogP contribution < -0.4 is 14.7 Å². The molecular weight excluding hydrogens is 382 g/mol. The summed E-state index contributed by atoms with van der Waals surface area (Å²) in [5, 5.41) is 11.5. The van der Waals surface area contributed by atoms with Crippen LogP contribution in [0, 0.1) is 0 Å². The molecule has 0 bridgehead atoms. The van der Waals surface area contributed by atoms with E-state index in [1.807, 2.05) is 31.2 Å². The molecule has 4 rings (SSSR count). The number of ketones is 2. The highest BCUT2D eigenvalue weighted by molar-refractivity contribution is 6.05. The van der Waals surface area contributed by atoms with Crippen LogP contribution in [0.15, 0.2) is 46.8 Å². The van der Waals surface area contributed by atoms with Crippen molar-refractivity contribution in [1.29, 1.82) is 0 Å². The van der Waals surface area contributed by atoms with Crippen LogP contribution in [0.4, 0.5) is 0 Å². The molecule has 1 aliphatic heterocycles. The smallest absolute Gasteiger partial charge is 0.165 e. The van der Waals surface area contributed by atoms with Crippen LogP contribution in [0.5, 0.6) is 5.75 Å². The van der Waals surface area contributed by atoms with Crippen LogP contribution in [-0.2, 0) is 14.4 Å². The van der Waals surface area contributed by atoms with Gasteiger partial charge in [-0.3, -0.25) is 14.5 Å². The van der Waals surface area contributed by atoms with Gasteiger partial charge in [-0.2, -0.15) is 0 Å². The molecule has 30 heavy (non-hydrogen) atoms. The van der Waals surface area contributed by atoms with Crippen molar-refractivity contribution < 1.29 is 29.1 Å². The Kier molecular flexibility index (Phi) is 5.86. The molecule has 0 saturated carbocycles. The summed E-state index contributed by atoms with van der Waals surface area (Å²) in [5.41, 5.74) is 3.65. The minimum atomic E-state index is -1.18. The fourth-order valence-electron chi connectivity index (χ4n) is 5.08. The molecule has 0 radical (unpaired) electrons. The van der Waals surface area contributed by atoms with Gasteiger partial charge in [0.2, 0.25) is 0 Å². The standard InChI is InChI=1S/C24H27NO5/c1-2-13-30-20-12-4-3-7-15(20)22-23-16(8-5-10-18(23)26)25(14-21(28)29)17-9-6-11-19(27)24(17)22/h3-4,7,12,22H,2,5-6,8-11,13-14H2,1H3,(H,28,29). The number of rotatable bonds is 6. The maximum absolute atomic E-state index is 13.1. The van der Waals surface area contributed by atoms with Gasteiger partial charge in [0.15, 0.2) is 11.6 Å². The number of para-hydroxylation sites is 1. The van der Waals surface area contributed by atoms with Crippen molar-refractivity contribution in [2.75, 3.05) is 13.2 Å².